The van der Waals surface area contributed by atoms with Crippen molar-refractivity contribution in [3.63, 3.8) is 0 Å². The molecule has 1 aliphatic heterocycles. The molecule has 1 atom stereocenters. The van der Waals surface area contributed by atoms with Gasteiger partial charge in [-0.25, -0.2) is 0 Å². The van der Waals surface area contributed by atoms with Gasteiger partial charge in [0.2, 0.25) is 0 Å². The highest BCUT2D eigenvalue weighted by atomic mass is 35.5. The number of amides is 1. The lowest BCUT2D eigenvalue weighted by atomic mass is 10.1. The average Bonchev–Trinajstić information content (AvgIpc) is 2.64. The smallest absolute Gasteiger partial charge is 0.263 e. The fourth-order valence-corrected chi connectivity index (χ4v) is 3.37. The van der Waals surface area contributed by atoms with Gasteiger partial charge in [0.25, 0.3) is 5.91 Å². The van der Waals surface area contributed by atoms with Crippen molar-refractivity contribution in [1.82, 2.24) is 4.90 Å². The summed E-state index contributed by atoms with van der Waals surface area (Å²) >= 11 is 6.08. The van der Waals surface area contributed by atoms with Gasteiger partial charge in [-0.15, -0.1) is 0 Å². The molecule has 1 aliphatic rings. The monoisotopic (exact) mass is 372 g/mol. The average molecular weight is 373 g/mol. The van der Waals surface area contributed by atoms with Crippen molar-refractivity contribution in [2.45, 2.75) is 26.9 Å². The lowest BCUT2D eigenvalue weighted by Crippen LogP contribution is -2.52. The second-order valence-corrected chi connectivity index (χ2v) is 7.26. The van der Waals surface area contributed by atoms with Crippen molar-refractivity contribution >= 4 is 23.2 Å². The second-order valence-electron chi connectivity index (χ2n) is 6.82. The molecule has 0 radical (unpaired) electrons. The van der Waals surface area contributed by atoms with Gasteiger partial charge in [0.05, 0.1) is 0 Å². The van der Waals surface area contributed by atoms with Crippen LogP contribution in [0.25, 0.3) is 0 Å². The van der Waals surface area contributed by atoms with Crippen LogP contribution in [0.5, 0.6) is 5.75 Å². The lowest BCUT2D eigenvalue weighted by Gasteiger charge is -2.37. The molecule has 0 aromatic heterocycles. The number of nitrogens with zero attached hydrogens (tertiary/aromatic N) is 2. The van der Waals surface area contributed by atoms with Crippen LogP contribution >= 0.6 is 11.6 Å². The van der Waals surface area contributed by atoms with E-state index in [0.717, 1.165) is 40.7 Å². The summed E-state index contributed by atoms with van der Waals surface area (Å²) in [6.07, 6.45) is -0.492. The van der Waals surface area contributed by atoms with Crippen LogP contribution in [0.2, 0.25) is 5.02 Å². The lowest BCUT2D eigenvalue weighted by molar-refractivity contribution is -0.138. The van der Waals surface area contributed by atoms with Crippen LogP contribution in [-0.4, -0.2) is 43.1 Å². The van der Waals surface area contributed by atoms with E-state index in [-0.39, 0.29) is 5.91 Å². The molecule has 26 heavy (non-hydrogen) atoms. The molecule has 0 saturated carbocycles. The van der Waals surface area contributed by atoms with Gasteiger partial charge in [0, 0.05) is 36.9 Å². The van der Waals surface area contributed by atoms with Crippen molar-refractivity contribution in [3.05, 3.63) is 58.6 Å². The van der Waals surface area contributed by atoms with Gasteiger partial charge in [-0.1, -0.05) is 29.8 Å². The van der Waals surface area contributed by atoms with E-state index >= 15 is 0 Å². The number of aryl methyl sites for hydroxylation is 2. The molecule has 2 aromatic rings. The van der Waals surface area contributed by atoms with Crippen LogP contribution in [0, 0.1) is 13.8 Å². The first-order chi connectivity index (χ1) is 12.4. The molecule has 3 rings (SSSR count). The summed E-state index contributed by atoms with van der Waals surface area (Å²) in [5.41, 5.74) is 3.27. The highest BCUT2D eigenvalue weighted by Crippen LogP contribution is 2.23. The number of anilines is 1. The number of hydrogen-bond donors (Lipinski definition) is 0. The first kappa shape index (κ1) is 18.6. The second kappa shape index (κ2) is 8.00. The molecule has 138 valence electrons. The number of ether oxygens (including phenoxy) is 1. The van der Waals surface area contributed by atoms with Crippen LogP contribution in [0.1, 0.15) is 18.1 Å². The third-order valence-corrected chi connectivity index (χ3v) is 4.99. The fourth-order valence-electron chi connectivity index (χ4n) is 3.19. The van der Waals surface area contributed by atoms with Gasteiger partial charge in [-0.3, -0.25) is 4.79 Å². The summed E-state index contributed by atoms with van der Waals surface area (Å²) in [5.74, 6) is 0.820. The minimum absolute atomic E-state index is 0.0386. The third-order valence-electron chi connectivity index (χ3n) is 4.76. The molecule has 1 heterocycles. The van der Waals surface area contributed by atoms with E-state index in [4.69, 9.17) is 16.3 Å². The number of benzene rings is 2. The number of carbonyl (C=O) groups is 1. The number of carbonyl (C=O) groups excluding carboxylic acids is 1. The van der Waals surface area contributed by atoms with Crippen molar-refractivity contribution < 1.29 is 9.53 Å². The standard InChI is InChI=1S/C21H25ClN2O2/c1-15-7-8-16(2)20(13-15)26-17(3)21(25)24-11-9-23(10-12-24)19-6-4-5-18(22)14-19/h4-8,13-14,17H,9-12H2,1-3H3/t17-/m1/s1. The molecule has 0 spiro atoms. The Hall–Kier alpha value is -2.20. The summed E-state index contributed by atoms with van der Waals surface area (Å²) < 4.78 is 5.95. The van der Waals surface area contributed by atoms with Crippen LogP contribution < -0.4 is 9.64 Å². The normalized spacial score (nSPS) is 15.7. The number of hydrogen-bond acceptors (Lipinski definition) is 3. The highest BCUT2D eigenvalue weighted by molar-refractivity contribution is 6.30. The summed E-state index contributed by atoms with van der Waals surface area (Å²) in [6.45, 7) is 8.80. The minimum Gasteiger partial charge on any atom is -0.481 e. The quantitative estimate of drug-likeness (QED) is 0.810. The van der Waals surface area contributed by atoms with Gasteiger partial charge in [0.1, 0.15) is 5.75 Å². The zero-order chi connectivity index (χ0) is 18.7. The Morgan fingerprint density at radius 3 is 2.50 bits per heavy atom. The topological polar surface area (TPSA) is 32.8 Å². The first-order valence-electron chi connectivity index (χ1n) is 8.97. The predicted molar refractivity (Wildman–Crippen MR) is 106 cm³/mol. The molecule has 0 N–H and O–H groups in total. The van der Waals surface area contributed by atoms with Crippen LogP contribution in [0.15, 0.2) is 42.5 Å². The summed E-state index contributed by atoms with van der Waals surface area (Å²) in [7, 11) is 0. The molecule has 0 aliphatic carbocycles. The van der Waals surface area contributed by atoms with Crippen molar-refractivity contribution in [3.8, 4) is 5.75 Å². The van der Waals surface area contributed by atoms with Gasteiger partial charge >= 0.3 is 0 Å². The van der Waals surface area contributed by atoms with Gasteiger partial charge in [-0.05, 0) is 56.2 Å². The summed E-state index contributed by atoms with van der Waals surface area (Å²) in [5, 5.41) is 0.733. The van der Waals surface area contributed by atoms with E-state index in [1.807, 2.05) is 62.1 Å². The number of piperazine rings is 1. The first-order valence-corrected chi connectivity index (χ1v) is 9.35. The van der Waals surface area contributed by atoms with E-state index in [0.29, 0.717) is 13.1 Å². The molecule has 0 bridgehead atoms. The van der Waals surface area contributed by atoms with Gasteiger partial charge in [-0.2, -0.15) is 0 Å². The molecule has 1 amide bonds. The Bertz CT molecular complexity index is 785. The number of halogens is 1. The Balaban J connectivity index is 1.58. The molecular weight excluding hydrogens is 348 g/mol. The maximum absolute atomic E-state index is 12.8. The van der Waals surface area contributed by atoms with Gasteiger partial charge in [0.15, 0.2) is 6.10 Å². The zero-order valence-corrected chi connectivity index (χ0v) is 16.3. The third kappa shape index (κ3) is 4.31. The Kier molecular flexibility index (Phi) is 5.72. The molecule has 2 aromatic carbocycles. The predicted octanol–water partition coefficient (Wildman–Crippen LogP) is 4.07. The molecule has 5 heteroatoms. The van der Waals surface area contributed by atoms with Crippen molar-refractivity contribution in [1.29, 1.82) is 0 Å². The Labute approximate surface area is 160 Å². The summed E-state index contributed by atoms with van der Waals surface area (Å²) in [6, 6.07) is 13.9. The van der Waals surface area contributed by atoms with E-state index in [2.05, 4.69) is 11.0 Å². The molecular formula is C21H25ClN2O2. The summed E-state index contributed by atoms with van der Waals surface area (Å²) in [4.78, 5) is 16.9. The van der Waals surface area contributed by atoms with Gasteiger partial charge < -0.3 is 14.5 Å². The highest BCUT2D eigenvalue weighted by Gasteiger charge is 2.26. The van der Waals surface area contributed by atoms with E-state index in [1.54, 1.807) is 0 Å². The number of rotatable bonds is 4. The Morgan fingerprint density at radius 2 is 1.81 bits per heavy atom. The molecule has 0 unspecified atom stereocenters. The SMILES string of the molecule is Cc1ccc(C)c(O[C@H](C)C(=O)N2CCN(c3cccc(Cl)c3)CC2)c1. The van der Waals surface area contributed by atoms with Crippen molar-refractivity contribution in [2.75, 3.05) is 31.1 Å². The molecule has 1 fully saturated rings. The van der Waals surface area contributed by atoms with Crippen LogP contribution in [-0.2, 0) is 4.79 Å². The Morgan fingerprint density at radius 1 is 1.08 bits per heavy atom. The fraction of sp³-hybridized carbons (Fsp3) is 0.381. The van der Waals surface area contributed by atoms with E-state index in [1.165, 1.54) is 0 Å². The zero-order valence-electron chi connectivity index (χ0n) is 15.5. The molecule has 4 nitrogen and oxygen atoms in total. The van der Waals surface area contributed by atoms with Crippen LogP contribution in [0.3, 0.4) is 0 Å². The largest absolute Gasteiger partial charge is 0.481 e. The van der Waals surface area contributed by atoms with Crippen LogP contribution in [0.4, 0.5) is 5.69 Å². The molecule has 1 saturated heterocycles. The minimum atomic E-state index is -0.492. The van der Waals surface area contributed by atoms with E-state index < -0.39 is 6.10 Å². The maximum Gasteiger partial charge on any atom is 0.263 e. The van der Waals surface area contributed by atoms with Crippen molar-refractivity contribution in [2.24, 2.45) is 0 Å². The maximum atomic E-state index is 12.8. The van der Waals surface area contributed by atoms with E-state index in [9.17, 15) is 4.79 Å².